The fraction of sp³-hybridized carbons (Fsp3) is 0.333. The third kappa shape index (κ3) is 1.66. The van der Waals surface area contributed by atoms with E-state index in [1.165, 1.54) is 6.07 Å². The number of benzene rings is 1. The van der Waals surface area contributed by atoms with Crippen molar-refractivity contribution in [3.63, 3.8) is 0 Å². The summed E-state index contributed by atoms with van der Waals surface area (Å²) >= 11 is 0. The second-order valence-corrected chi connectivity index (χ2v) is 4.81. The van der Waals surface area contributed by atoms with Gasteiger partial charge in [0.2, 0.25) is 5.58 Å². The summed E-state index contributed by atoms with van der Waals surface area (Å²) in [5.41, 5.74) is 0.234. The first-order valence-electron chi connectivity index (χ1n) is 5.07. The van der Waals surface area contributed by atoms with Crippen LogP contribution in [0.25, 0.3) is 11.0 Å². The Hall–Kier alpha value is -1.84. The zero-order valence-corrected chi connectivity index (χ0v) is 9.48. The van der Waals surface area contributed by atoms with Crippen LogP contribution in [0.15, 0.2) is 28.7 Å². The van der Waals surface area contributed by atoms with Gasteiger partial charge in [-0.15, -0.1) is 0 Å². The molecule has 0 N–H and O–H groups in total. The topological polar surface area (TPSA) is 56.3 Å². The smallest absolute Gasteiger partial charge is 0.312 e. The van der Waals surface area contributed by atoms with Gasteiger partial charge in [0.25, 0.3) is 0 Å². The molecule has 2 aromatic rings. The van der Waals surface area contributed by atoms with Crippen LogP contribution in [0.1, 0.15) is 26.5 Å². The van der Waals surface area contributed by atoms with Crippen molar-refractivity contribution in [1.29, 1.82) is 0 Å². The van der Waals surface area contributed by atoms with Gasteiger partial charge in [-0.3, -0.25) is 10.1 Å². The van der Waals surface area contributed by atoms with Gasteiger partial charge in [0.1, 0.15) is 5.76 Å². The summed E-state index contributed by atoms with van der Waals surface area (Å²) < 4.78 is 5.58. The molecule has 0 amide bonds. The molecule has 0 aliphatic carbocycles. The molecule has 0 saturated heterocycles. The lowest BCUT2D eigenvalue weighted by molar-refractivity contribution is -0.383. The number of hydrogen-bond acceptors (Lipinski definition) is 3. The van der Waals surface area contributed by atoms with Crippen LogP contribution < -0.4 is 0 Å². The lowest BCUT2D eigenvalue weighted by atomic mass is 9.93. The molecule has 84 valence electrons. The number of hydrogen-bond donors (Lipinski definition) is 0. The highest BCUT2D eigenvalue weighted by atomic mass is 16.6. The molecule has 0 atom stereocenters. The van der Waals surface area contributed by atoms with Crippen LogP contribution in [0.5, 0.6) is 0 Å². The number of nitro groups is 1. The maximum absolute atomic E-state index is 10.8. The molecule has 0 unspecified atom stereocenters. The van der Waals surface area contributed by atoms with Gasteiger partial charge in [-0.1, -0.05) is 32.9 Å². The van der Waals surface area contributed by atoms with Gasteiger partial charge in [0.05, 0.1) is 4.92 Å². The van der Waals surface area contributed by atoms with Gasteiger partial charge in [-0.05, 0) is 6.07 Å². The molecule has 2 rings (SSSR count). The van der Waals surface area contributed by atoms with Gasteiger partial charge in [0, 0.05) is 16.9 Å². The Labute approximate surface area is 93.0 Å². The highest BCUT2D eigenvalue weighted by Gasteiger charge is 2.22. The van der Waals surface area contributed by atoms with E-state index in [0.29, 0.717) is 5.58 Å². The van der Waals surface area contributed by atoms with Crippen LogP contribution in [-0.2, 0) is 5.41 Å². The van der Waals surface area contributed by atoms with E-state index < -0.39 is 4.92 Å². The van der Waals surface area contributed by atoms with Crippen molar-refractivity contribution in [3.8, 4) is 0 Å². The number of non-ortho nitro benzene ring substituents is 1. The Balaban J connectivity index is 2.71. The average Bonchev–Trinajstić information content (AvgIpc) is 2.59. The summed E-state index contributed by atoms with van der Waals surface area (Å²) in [7, 11) is 0. The maximum atomic E-state index is 10.8. The highest BCUT2D eigenvalue weighted by molar-refractivity contribution is 5.86. The summed E-state index contributed by atoms with van der Waals surface area (Å²) in [5.74, 6) is 0.761. The van der Waals surface area contributed by atoms with Crippen LogP contribution in [0, 0.1) is 10.1 Å². The van der Waals surface area contributed by atoms with E-state index in [-0.39, 0.29) is 11.1 Å². The van der Waals surface area contributed by atoms with E-state index in [0.717, 1.165) is 11.1 Å². The first-order valence-corrected chi connectivity index (χ1v) is 5.07. The third-order valence-corrected chi connectivity index (χ3v) is 2.46. The zero-order valence-electron chi connectivity index (χ0n) is 9.48. The molecule has 1 aromatic carbocycles. The largest absolute Gasteiger partial charge is 0.453 e. The summed E-state index contributed by atoms with van der Waals surface area (Å²) in [4.78, 5) is 10.4. The fourth-order valence-electron chi connectivity index (χ4n) is 1.56. The summed E-state index contributed by atoms with van der Waals surface area (Å²) in [5, 5.41) is 11.6. The van der Waals surface area contributed by atoms with E-state index in [1.807, 2.05) is 32.9 Å². The summed E-state index contributed by atoms with van der Waals surface area (Å²) in [6.07, 6.45) is 0. The molecular weight excluding hydrogens is 206 g/mol. The van der Waals surface area contributed by atoms with E-state index in [9.17, 15) is 10.1 Å². The lowest BCUT2D eigenvalue weighted by Crippen LogP contribution is -2.08. The van der Waals surface area contributed by atoms with E-state index >= 15 is 0 Å². The Morgan fingerprint density at radius 2 is 2.00 bits per heavy atom. The highest BCUT2D eigenvalue weighted by Crippen LogP contribution is 2.33. The zero-order chi connectivity index (χ0) is 11.9. The number of fused-ring (bicyclic) bond motifs is 1. The average molecular weight is 219 g/mol. The number of para-hydroxylation sites is 1. The normalized spacial score (nSPS) is 11.9. The van der Waals surface area contributed by atoms with Crippen LogP contribution in [0.4, 0.5) is 5.69 Å². The second-order valence-electron chi connectivity index (χ2n) is 4.81. The number of rotatable bonds is 1. The molecule has 0 aliphatic heterocycles. The van der Waals surface area contributed by atoms with Crippen molar-refractivity contribution >= 4 is 16.7 Å². The molecule has 0 fully saturated rings. The minimum atomic E-state index is -0.418. The van der Waals surface area contributed by atoms with E-state index in [4.69, 9.17) is 4.42 Å². The van der Waals surface area contributed by atoms with Crippen molar-refractivity contribution in [2.45, 2.75) is 26.2 Å². The number of nitrogens with zero attached hydrogens (tertiary/aromatic N) is 1. The summed E-state index contributed by atoms with van der Waals surface area (Å²) in [6, 6.07) is 6.81. The quantitative estimate of drug-likeness (QED) is 0.543. The van der Waals surface area contributed by atoms with Crippen molar-refractivity contribution in [2.24, 2.45) is 0 Å². The molecule has 4 heteroatoms. The van der Waals surface area contributed by atoms with Crippen LogP contribution in [0.3, 0.4) is 0 Å². The van der Waals surface area contributed by atoms with Crippen LogP contribution >= 0.6 is 0 Å². The van der Waals surface area contributed by atoms with Crippen LogP contribution in [0.2, 0.25) is 0 Å². The predicted octanol–water partition coefficient (Wildman–Crippen LogP) is 3.64. The fourth-order valence-corrected chi connectivity index (χ4v) is 1.56. The van der Waals surface area contributed by atoms with Gasteiger partial charge in [0.15, 0.2) is 0 Å². The van der Waals surface area contributed by atoms with E-state index in [1.54, 1.807) is 6.07 Å². The lowest BCUT2D eigenvalue weighted by Gasteiger charge is -2.13. The molecule has 1 heterocycles. The standard InChI is InChI=1S/C12H13NO3/c1-12(2,3)10-7-8-5-4-6-9(13(14)15)11(8)16-10/h4-7H,1-3H3. The van der Waals surface area contributed by atoms with Crippen molar-refractivity contribution in [3.05, 3.63) is 40.1 Å². The number of nitro benzene ring substituents is 1. The molecule has 4 nitrogen and oxygen atoms in total. The third-order valence-electron chi connectivity index (χ3n) is 2.46. The molecule has 0 bridgehead atoms. The van der Waals surface area contributed by atoms with Gasteiger partial charge >= 0.3 is 5.69 Å². The SMILES string of the molecule is CC(C)(C)c1cc2cccc([N+](=O)[O-])c2o1. The van der Waals surface area contributed by atoms with Gasteiger partial charge in [-0.25, -0.2) is 0 Å². The molecule has 0 saturated carbocycles. The first kappa shape index (κ1) is 10.7. The molecule has 0 spiro atoms. The monoisotopic (exact) mass is 219 g/mol. The van der Waals surface area contributed by atoms with Gasteiger partial charge in [-0.2, -0.15) is 0 Å². The second kappa shape index (κ2) is 3.33. The molecule has 0 aliphatic rings. The molecule has 16 heavy (non-hydrogen) atoms. The Kier molecular flexibility index (Phi) is 2.22. The minimum Gasteiger partial charge on any atom is -0.453 e. The molecule has 1 aromatic heterocycles. The van der Waals surface area contributed by atoms with Crippen molar-refractivity contribution in [2.75, 3.05) is 0 Å². The Morgan fingerprint density at radius 1 is 1.31 bits per heavy atom. The van der Waals surface area contributed by atoms with Crippen molar-refractivity contribution < 1.29 is 9.34 Å². The molecule has 0 radical (unpaired) electrons. The Morgan fingerprint density at radius 3 is 2.56 bits per heavy atom. The number of furan rings is 1. The van der Waals surface area contributed by atoms with E-state index in [2.05, 4.69) is 0 Å². The summed E-state index contributed by atoms with van der Waals surface area (Å²) in [6.45, 7) is 6.03. The predicted molar refractivity (Wildman–Crippen MR) is 61.6 cm³/mol. The van der Waals surface area contributed by atoms with Crippen LogP contribution in [-0.4, -0.2) is 4.92 Å². The first-order chi connectivity index (χ1) is 7.39. The minimum absolute atomic E-state index is 0.0213. The van der Waals surface area contributed by atoms with Gasteiger partial charge < -0.3 is 4.42 Å². The van der Waals surface area contributed by atoms with Crippen molar-refractivity contribution in [1.82, 2.24) is 0 Å². The maximum Gasteiger partial charge on any atom is 0.312 e. The molecular formula is C12H13NO3. The Bertz CT molecular complexity index is 549.